The minimum Gasteiger partial charge on any atom is -0.454 e. The summed E-state index contributed by atoms with van der Waals surface area (Å²) in [5.41, 5.74) is 2.21. The van der Waals surface area contributed by atoms with Gasteiger partial charge in [-0.05, 0) is 64.4 Å². The van der Waals surface area contributed by atoms with E-state index < -0.39 is 11.7 Å². The predicted molar refractivity (Wildman–Crippen MR) is 152 cm³/mol. The van der Waals surface area contributed by atoms with E-state index in [1.54, 1.807) is 47.1 Å². The number of pyridine rings is 1. The number of nitrogens with zero attached hydrogens (tertiary/aromatic N) is 5. The molecule has 0 radical (unpaired) electrons. The summed E-state index contributed by atoms with van der Waals surface area (Å²) in [4.78, 5) is 24.8. The van der Waals surface area contributed by atoms with Gasteiger partial charge in [-0.15, -0.1) is 0 Å². The van der Waals surface area contributed by atoms with Crippen molar-refractivity contribution in [2.45, 2.75) is 6.42 Å². The number of benzene rings is 2. The zero-order valence-electron chi connectivity index (χ0n) is 19.5. The molecule has 0 aliphatic carbocycles. The van der Waals surface area contributed by atoms with Gasteiger partial charge in [0.2, 0.25) is 0 Å². The fourth-order valence-corrected chi connectivity index (χ4v) is 4.30. The highest BCUT2D eigenvalue weighted by atomic mass is 127. The Bertz CT molecular complexity index is 1690. The molecule has 5 rings (SSSR count). The summed E-state index contributed by atoms with van der Waals surface area (Å²) in [6.07, 6.45) is 4.98. The Morgan fingerprint density at radius 1 is 1.08 bits per heavy atom. The van der Waals surface area contributed by atoms with Gasteiger partial charge >= 0.3 is 0 Å². The molecular formula is C25H18FIN7O3P. The molecule has 1 atom stereocenters. The van der Waals surface area contributed by atoms with Crippen LogP contribution in [0.4, 0.5) is 21.6 Å². The lowest BCUT2D eigenvalue weighted by Gasteiger charge is -2.12. The third-order valence-electron chi connectivity index (χ3n) is 5.15. The maximum atomic E-state index is 14.9. The molecule has 0 spiro atoms. The first-order valence-corrected chi connectivity index (χ1v) is 15.2. The topological polar surface area (TPSA) is 116 Å². The molecule has 2 aromatic carbocycles. The summed E-state index contributed by atoms with van der Waals surface area (Å²) in [6.45, 7) is 0.845. The molecule has 10 nitrogen and oxygen atoms in total. The second kappa shape index (κ2) is 12.1. The summed E-state index contributed by atoms with van der Waals surface area (Å²) in [5, 5.41) is 10.5. The molecular weight excluding hydrogens is 623 g/mol. The maximum absolute atomic E-state index is 14.9. The number of hydrogen-bond acceptors (Lipinski definition) is 8. The zero-order chi connectivity index (χ0) is 26.3. The Hall–Kier alpha value is -3.92. The van der Waals surface area contributed by atoms with Crippen molar-refractivity contribution in [3.05, 3.63) is 73.2 Å². The average molecular weight is 641 g/mol. The molecule has 38 heavy (non-hydrogen) atoms. The molecule has 5 aromatic rings. The largest absolute Gasteiger partial charge is 0.454 e. The Morgan fingerprint density at radius 3 is 2.84 bits per heavy atom. The van der Waals surface area contributed by atoms with Gasteiger partial charge in [0.1, 0.15) is 24.2 Å². The van der Waals surface area contributed by atoms with Crippen molar-refractivity contribution in [2.75, 3.05) is 17.2 Å². The lowest BCUT2D eigenvalue weighted by molar-refractivity contribution is -0.111. The number of ether oxygens (including phenoxy) is 1. The highest BCUT2D eigenvalue weighted by Gasteiger charge is 2.11. The van der Waals surface area contributed by atoms with Crippen LogP contribution in [-0.4, -0.2) is 37.1 Å². The molecule has 0 fully saturated rings. The number of aromatic nitrogens is 5. The third kappa shape index (κ3) is 6.31. The van der Waals surface area contributed by atoms with Gasteiger partial charge in [0.25, 0.3) is 5.91 Å². The number of rotatable bonds is 8. The monoisotopic (exact) mass is 641 g/mol. The fraction of sp³-hybridized carbons (Fsp3) is 0.0800. The third-order valence-corrected chi connectivity index (χ3v) is 6.40. The van der Waals surface area contributed by atoms with Crippen LogP contribution in [0.25, 0.3) is 16.6 Å². The van der Waals surface area contributed by atoms with Crippen molar-refractivity contribution in [1.29, 1.82) is 0 Å². The summed E-state index contributed by atoms with van der Waals surface area (Å²) in [7, 11) is 0. The normalized spacial score (nSPS) is 11.0. The average Bonchev–Trinajstić information content (AvgIpc) is 3.38. The number of amides is 1. The first-order chi connectivity index (χ1) is 18.6. The highest BCUT2D eigenvalue weighted by molar-refractivity contribution is 14.2. The second-order valence-electron chi connectivity index (χ2n) is 7.68. The van der Waals surface area contributed by atoms with Gasteiger partial charge in [-0.2, -0.15) is 5.10 Å². The number of carbonyl (C=O) groups excluding carboxylic acids is 1. The molecule has 3 heterocycles. The minimum atomic E-state index is -0.564. The number of anilines is 3. The standard InChI is InChI=1S/C25H18FIN7O3P/c26-20-12-17(5-7-22(20)37-18-8-9-34-23(13-18)29-15-31-34)33-25-19-11-16(4-6-21(19)28-14-30-25)32-24(35)3-1-2-10-36-38-27/h4-9,11-15,38H,2,10H2,(H,32,35)(H,28,30,33). The first-order valence-electron chi connectivity index (χ1n) is 11.1. The van der Waals surface area contributed by atoms with E-state index in [0.29, 0.717) is 59.0 Å². The maximum Gasteiger partial charge on any atom is 0.300 e. The van der Waals surface area contributed by atoms with Crippen molar-refractivity contribution < 1.29 is 18.4 Å². The summed E-state index contributed by atoms with van der Waals surface area (Å²) in [5.74, 6) is 5.25. The molecule has 1 unspecified atom stereocenters. The zero-order valence-corrected chi connectivity index (χ0v) is 22.6. The van der Waals surface area contributed by atoms with E-state index in [2.05, 4.69) is 64.6 Å². The number of fused-ring (bicyclic) bond motifs is 2. The van der Waals surface area contributed by atoms with Crippen molar-refractivity contribution in [3.8, 4) is 23.3 Å². The number of nitrogens with one attached hydrogen (secondary N) is 2. The van der Waals surface area contributed by atoms with Crippen LogP contribution in [0.15, 0.2) is 67.4 Å². The highest BCUT2D eigenvalue weighted by Crippen LogP contribution is 2.30. The van der Waals surface area contributed by atoms with Crippen molar-refractivity contribution in [1.82, 2.24) is 24.6 Å². The molecule has 13 heteroatoms. The van der Waals surface area contributed by atoms with E-state index in [9.17, 15) is 9.18 Å². The fourth-order valence-electron chi connectivity index (χ4n) is 3.46. The minimum absolute atomic E-state index is 0.0549. The van der Waals surface area contributed by atoms with Gasteiger partial charge in [-0.25, -0.2) is 23.9 Å². The lowest BCUT2D eigenvalue weighted by atomic mass is 10.2. The van der Waals surface area contributed by atoms with Crippen molar-refractivity contribution >= 4 is 68.1 Å². The Balaban J connectivity index is 1.31. The van der Waals surface area contributed by atoms with Gasteiger partial charge in [-0.3, -0.25) is 4.79 Å². The molecule has 2 N–H and O–H groups in total. The van der Waals surface area contributed by atoms with Crippen molar-refractivity contribution in [2.24, 2.45) is 0 Å². The Labute approximate surface area is 230 Å². The molecule has 0 saturated heterocycles. The van der Waals surface area contributed by atoms with Crippen LogP contribution in [0.3, 0.4) is 0 Å². The van der Waals surface area contributed by atoms with Crippen LogP contribution in [-0.2, 0) is 9.32 Å². The van der Waals surface area contributed by atoms with Crippen LogP contribution in [0.2, 0.25) is 0 Å². The number of halogens is 2. The van der Waals surface area contributed by atoms with Gasteiger partial charge in [0, 0.05) is 41.5 Å². The van der Waals surface area contributed by atoms with Gasteiger partial charge in [0.05, 0.1) is 18.6 Å². The van der Waals surface area contributed by atoms with E-state index in [0.717, 1.165) is 0 Å². The van der Waals surface area contributed by atoms with Gasteiger partial charge in [-0.1, -0.05) is 5.92 Å². The summed E-state index contributed by atoms with van der Waals surface area (Å²) in [6, 6.07) is 13.0. The van der Waals surface area contributed by atoms with Crippen LogP contribution >= 0.6 is 28.5 Å². The first kappa shape index (κ1) is 25.7. The predicted octanol–water partition coefficient (Wildman–Crippen LogP) is 5.64. The Morgan fingerprint density at radius 2 is 1.97 bits per heavy atom. The number of carbonyl (C=O) groups is 1. The van der Waals surface area contributed by atoms with E-state index in [-0.39, 0.29) is 5.75 Å². The van der Waals surface area contributed by atoms with Gasteiger partial charge in [0.15, 0.2) is 17.2 Å². The molecule has 0 aliphatic heterocycles. The SMILES string of the molecule is O=C(C#CCCOPI)Nc1ccc2ncnc(Nc3ccc(Oc4ccn5ncnc5c4)c(F)c3)c2c1. The molecule has 3 aromatic heterocycles. The van der Waals surface area contributed by atoms with E-state index >= 15 is 0 Å². The van der Waals surface area contributed by atoms with E-state index in [1.165, 1.54) is 24.8 Å². The molecule has 1 amide bonds. The van der Waals surface area contributed by atoms with Gasteiger partial charge < -0.3 is 19.9 Å². The van der Waals surface area contributed by atoms with E-state index in [4.69, 9.17) is 9.26 Å². The number of hydrogen-bond donors (Lipinski definition) is 2. The smallest absolute Gasteiger partial charge is 0.300 e. The van der Waals surface area contributed by atoms with Crippen LogP contribution in [0, 0.1) is 17.7 Å². The molecule has 190 valence electrons. The molecule has 0 bridgehead atoms. The summed E-state index contributed by atoms with van der Waals surface area (Å²) < 4.78 is 27.4. The molecule has 0 aliphatic rings. The lowest BCUT2D eigenvalue weighted by Crippen LogP contribution is -2.08. The second-order valence-corrected chi connectivity index (χ2v) is 9.45. The quantitative estimate of drug-likeness (QED) is 0.0969. The van der Waals surface area contributed by atoms with Crippen LogP contribution in [0.5, 0.6) is 11.5 Å². The Kier molecular flexibility index (Phi) is 8.18. The molecule has 0 saturated carbocycles. The summed E-state index contributed by atoms with van der Waals surface area (Å²) >= 11 is 2.13. The van der Waals surface area contributed by atoms with Crippen LogP contribution < -0.4 is 15.4 Å². The van der Waals surface area contributed by atoms with E-state index in [1.807, 2.05) is 0 Å². The van der Waals surface area contributed by atoms with Crippen LogP contribution in [0.1, 0.15) is 6.42 Å². The van der Waals surface area contributed by atoms with Crippen molar-refractivity contribution in [3.63, 3.8) is 0 Å².